The van der Waals surface area contributed by atoms with Crippen LogP contribution in [-0.4, -0.2) is 21.6 Å². The molecule has 0 aliphatic rings. The Morgan fingerprint density at radius 2 is 2.29 bits per heavy atom. The molecule has 0 fully saturated rings. The van der Waals surface area contributed by atoms with Crippen LogP contribution in [-0.2, 0) is 14.9 Å². The largest absolute Gasteiger partial charge is 0.303 e. The molecule has 0 aromatic carbocycles. The Morgan fingerprint density at radius 3 is 2.79 bits per heavy atom. The molecule has 80 valence electrons. The zero-order valence-corrected chi connectivity index (χ0v) is 9.32. The van der Waals surface area contributed by atoms with Crippen molar-refractivity contribution in [3.63, 3.8) is 0 Å². The highest BCUT2D eigenvalue weighted by molar-refractivity contribution is 7.91. The van der Waals surface area contributed by atoms with Gasteiger partial charge in [-0.1, -0.05) is 0 Å². The third-order valence-corrected chi connectivity index (χ3v) is 4.45. The number of aryl methyl sites for hydroxylation is 1. The van der Waals surface area contributed by atoms with Gasteiger partial charge in [0.2, 0.25) is 10.0 Å². The molecule has 1 aromatic rings. The molecule has 1 rings (SSSR count). The van der Waals surface area contributed by atoms with Crippen LogP contribution in [0.15, 0.2) is 16.3 Å². The first-order chi connectivity index (χ1) is 6.56. The summed E-state index contributed by atoms with van der Waals surface area (Å²) in [5, 5.41) is 0. The second kappa shape index (κ2) is 4.85. The van der Waals surface area contributed by atoms with E-state index < -0.39 is 10.0 Å². The average Bonchev–Trinajstić information content (AvgIpc) is 2.53. The molecule has 0 aliphatic heterocycles. The lowest BCUT2D eigenvalue weighted by atomic mass is 10.5. The van der Waals surface area contributed by atoms with Crippen LogP contribution in [0.4, 0.5) is 0 Å². The molecule has 0 saturated heterocycles. The average molecular weight is 236 g/mol. The molecule has 0 aliphatic carbocycles. The molecule has 1 heterocycles. The zero-order valence-electron chi connectivity index (χ0n) is 7.69. The van der Waals surface area contributed by atoms with Gasteiger partial charge in [0.05, 0.1) is 6.61 Å². The Kier molecular flexibility index (Phi) is 4.02. The topological polar surface area (TPSA) is 81.4 Å². The third-order valence-electron chi connectivity index (χ3n) is 1.49. The van der Waals surface area contributed by atoms with Gasteiger partial charge in [0.25, 0.3) is 0 Å². The highest BCUT2D eigenvalue weighted by Crippen LogP contribution is 2.19. The summed E-state index contributed by atoms with van der Waals surface area (Å²) >= 11 is 1.23. The fourth-order valence-electron chi connectivity index (χ4n) is 0.863. The lowest BCUT2D eigenvalue weighted by Gasteiger charge is -2.02. The van der Waals surface area contributed by atoms with Crippen LogP contribution in [0.2, 0.25) is 0 Å². The van der Waals surface area contributed by atoms with Crippen molar-refractivity contribution in [1.82, 2.24) is 4.72 Å². The van der Waals surface area contributed by atoms with Gasteiger partial charge in [-0.05, 0) is 19.1 Å². The molecule has 0 atom stereocenters. The highest BCUT2D eigenvalue weighted by Gasteiger charge is 2.14. The molecule has 5 nitrogen and oxygen atoms in total. The van der Waals surface area contributed by atoms with Crippen LogP contribution >= 0.6 is 11.3 Å². The van der Waals surface area contributed by atoms with Gasteiger partial charge >= 0.3 is 0 Å². The molecule has 0 amide bonds. The van der Waals surface area contributed by atoms with Gasteiger partial charge in [-0.2, -0.15) is 0 Å². The molecular weight excluding hydrogens is 224 g/mol. The van der Waals surface area contributed by atoms with Crippen LogP contribution in [0.3, 0.4) is 0 Å². The molecular formula is C7H12N2O3S2. The van der Waals surface area contributed by atoms with E-state index in [1.165, 1.54) is 11.3 Å². The number of rotatable bonds is 5. The third kappa shape index (κ3) is 3.03. The first kappa shape index (κ1) is 11.6. The zero-order chi connectivity index (χ0) is 10.6. The molecule has 0 spiro atoms. The summed E-state index contributed by atoms with van der Waals surface area (Å²) in [5.74, 6) is 4.77. The van der Waals surface area contributed by atoms with Gasteiger partial charge in [0.1, 0.15) is 4.21 Å². The summed E-state index contributed by atoms with van der Waals surface area (Å²) in [6.45, 7) is 2.19. The molecule has 1 aromatic heterocycles. The fraction of sp³-hybridized carbons (Fsp3) is 0.429. The maximum Gasteiger partial charge on any atom is 0.250 e. The molecule has 0 radical (unpaired) electrons. The molecule has 14 heavy (non-hydrogen) atoms. The van der Waals surface area contributed by atoms with E-state index in [-0.39, 0.29) is 13.2 Å². The van der Waals surface area contributed by atoms with Gasteiger partial charge < -0.3 is 4.84 Å². The minimum atomic E-state index is -3.38. The molecule has 7 heteroatoms. The molecule has 3 N–H and O–H groups in total. The number of nitrogens with one attached hydrogen (secondary N) is 1. The minimum Gasteiger partial charge on any atom is -0.303 e. The van der Waals surface area contributed by atoms with Crippen molar-refractivity contribution in [3.05, 3.63) is 17.0 Å². The summed E-state index contributed by atoms with van der Waals surface area (Å²) in [4.78, 5) is 5.21. The monoisotopic (exact) mass is 236 g/mol. The van der Waals surface area contributed by atoms with Crippen molar-refractivity contribution in [2.45, 2.75) is 11.1 Å². The van der Waals surface area contributed by atoms with Crippen molar-refractivity contribution in [1.29, 1.82) is 0 Å². The lowest BCUT2D eigenvalue weighted by Crippen LogP contribution is -2.27. The van der Waals surface area contributed by atoms with Crippen LogP contribution in [0.1, 0.15) is 4.88 Å². The van der Waals surface area contributed by atoms with Crippen molar-refractivity contribution in [3.8, 4) is 0 Å². The van der Waals surface area contributed by atoms with E-state index in [9.17, 15) is 8.42 Å². The smallest absolute Gasteiger partial charge is 0.250 e. The van der Waals surface area contributed by atoms with Crippen LogP contribution in [0, 0.1) is 6.92 Å². The Labute approximate surface area is 86.9 Å². The Hall–Kier alpha value is -0.470. The highest BCUT2D eigenvalue weighted by atomic mass is 32.2. The number of nitrogens with two attached hydrogens (primary N) is 1. The van der Waals surface area contributed by atoms with Crippen LogP contribution in [0.25, 0.3) is 0 Å². The minimum absolute atomic E-state index is 0.156. The number of hydrogen-bond acceptors (Lipinski definition) is 5. The van der Waals surface area contributed by atoms with Crippen molar-refractivity contribution in [2.75, 3.05) is 13.2 Å². The van der Waals surface area contributed by atoms with E-state index in [1.807, 2.05) is 6.92 Å². The number of thiophene rings is 1. The predicted octanol–water partition coefficient (Wildman–Crippen LogP) is 0.225. The lowest BCUT2D eigenvalue weighted by molar-refractivity contribution is 0.143. The predicted molar refractivity (Wildman–Crippen MR) is 54.4 cm³/mol. The summed E-state index contributed by atoms with van der Waals surface area (Å²) < 4.78 is 25.7. The number of sulfonamides is 1. The van der Waals surface area contributed by atoms with Gasteiger partial charge in [-0.15, -0.1) is 11.3 Å². The van der Waals surface area contributed by atoms with E-state index >= 15 is 0 Å². The van der Waals surface area contributed by atoms with E-state index in [2.05, 4.69) is 9.56 Å². The summed E-state index contributed by atoms with van der Waals surface area (Å²) in [5.41, 5.74) is 0. The summed E-state index contributed by atoms with van der Waals surface area (Å²) in [6, 6.07) is 3.34. The molecule has 0 unspecified atom stereocenters. The summed E-state index contributed by atoms with van der Waals surface area (Å²) in [7, 11) is -3.38. The normalized spacial score (nSPS) is 11.9. The summed E-state index contributed by atoms with van der Waals surface area (Å²) in [6.07, 6.45) is 0. The molecule has 0 bridgehead atoms. The number of hydrogen-bond donors (Lipinski definition) is 2. The quantitative estimate of drug-likeness (QED) is 0.566. The van der Waals surface area contributed by atoms with Gasteiger partial charge in [-0.3, -0.25) is 0 Å². The van der Waals surface area contributed by atoms with Crippen LogP contribution in [0.5, 0.6) is 0 Å². The van der Waals surface area contributed by atoms with E-state index in [4.69, 9.17) is 5.90 Å². The standard InChI is InChI=1S/C7H12N2O3S2/c1-6-2-3-7(13-6)14(10,11)9-4-5-12-8/h2-3,9H,4-5,8H2,1H3. The SMILES string of the molecule is Cc1ccc(S(=O)(=O)NCCON)s1. The van der Waals surface area contributed by atoms with Gasteiger partial charge in [-0.25, -0.2) is 19.0 Å². The maximum atomic E-state index is 11.5. The van der Waals surface area contributed by atoms with Crippen molar-refractivity contribution >= 4 is 21.4 Å². The Balaban J connectivity index is 2.66. The fourth-order valence-corrected chi connectivity index (χ4v) is 3.20. The van der Waals surface area contributed by atoms with Crippen molar-refractivity contribution < 1.29 is 13.3 Å². The van der Waals surface area contributed by atoms with Gasteiger partial charge in [0.15, 0.2) is 0 Å². The second-order valence-corrected chi connectivity index (χ2v) is 5.92. The first-order valence-corrected chi connectivity index (χ1v) is 6.24. The van der Waals surface area contributed by atoms with E-state index in [0.717, 1.165) is 4.88 Å². The van der Waals surface area contributed by atoms with Gasteiger partial charge in [0, 0.05) is 11.4 Å². The van der Waals surface area contributed by atoms with Crippen LogP contribution < -0.4 is 10.6 Å². The first-order valence-electron chi connectivity index (χ1n) is 3.94. The second-order valence-electron chi connectivity index (χ2n) is 2.63. The van der Waals surface area contributed by atoms with E-state index in [0.29, 0.717) is 4.21 Å². The Morgan fingerprint density at radius 1 is 1.57 bits per heavy atom. The molecule has 0 saturated carbocycles. The van der Waals surface area contributed by atoms with Crippen molar-refractivity contribution in [2.24, 2.45) is 5.90 Å². The maximum absolute atomic E-state index is 11.5. The Bertz CT molecular complexity index is 385. The van der Waals surface area contributed by atoms with E-state index in [1.54, 1.807) is 12.1 Å².